The molecule has 0 aromatic heterocycles. The minimum absolute atomic E-state index is 0.0284. The first-order chi connectivity index (χ1) is 11.9. The Morgan fingerprint density at radius 3 is 2.44 bits per heavy atom. The molecule has 134 valence electrons. The van der Waals surface area contributed by atoms with Gasteiger partial charge in [-0.3, -0.25) is 9.59 Å². The van der Waals surface area contributed by atoms with Crippen molar-refractivity contribution >= 4 is 23.5 Å². The van der Waals surface area contributed by atoms with Gasteiger partial charge in [-0.2, -0.15) is 0 Å². The Labute approximate surface area is 147 Å². The van der Waals surface area contributed by atoms with E-state index >= 15 is 0 Å². The van der Waals surface area contributed by atoms with Crippen molar-refractivity contribution in [3.05, 3.63) is 29.8 Å². The molecule has 0 unspecified atom stereocenters. The van der Waals surface area contributed by atoms with Crippen molar-refractivity contribution in [2.75, 3.05) is 5.32 Å². The summed E-state index contributed by atoms with van der Waals surface area (Å²) >= 11 is 0. The summed E-state index contributed by atoms with van der Waals surface area (Å²) in [5.41, 5.74) is -0.268. The van der Waals surface area contributed by atoms with Crippen molar-refractivity contribution in [1.82, 2.24) is 5.32 Å². The molecule has 6 heteroatoms. The van der Waals surface area contributed by atoms with Crippen molar-refractivity contribution in [1.29, 1.82) is 0 Å². The molecule has 0 bridgehead atoms. The number of rotatable bonds is 5. The highest BCUT2D eigenvalue weighted by Crippen LogP contribution is 2.38. The molecule has 6 nitrogen and oxygen atoms in total. The quantitative estimate of drug-likeness (QED) is 0.765. The smallest absolute Gasteiger partial charge is 0.329 e. The third-order valence-corrected chi connectivity index (χ3v) is 5.31. The first kappa shape index (κ1) is 17.5. The van der Waals surface area contributed by atoms with Gasteiger partial charge in [-0.05, 0) is 43.4 Å². The van der Waals surface area contributed by atoms with Crippen LogP contribution in [0.3, 0.4) is 0 Å². The van der Waals surface area contributed by atoms with Gasteiger partial charge < -0.3 is 15.7 Å². The molecule has 2 aliphatic rings. The van der Waals surface area contributed by atoms with Crippen molar-refractivity contribution in [2.24, 2.45) is 11.8 Å². The van der Waals surface area contributed by atoms with Crippen molar-refractivity contribution in [3.63, 3.8) is 0 Å². The molecule has 2 atom stereocenters. The van der Waals surface area contributed by atoms with Crippen LogP contribution in [0.25, 0.3) is 0 Å². The first-order valence-corrected chi connectivity index (χ1v) is 8.88. The Bertz CT molecular complexity index is 694. The van der Waals surface area contributed by atoms with Crippen LogP contribution in [0.4, 0.5) is 5.69 Å². The minimum Gasteiger partial charge on any atom is -0.480 e. The van der Waals surface area contributed by atoms with Gasteiger partial charge in [0.25, 0.3) is 5.91 Å². The molecule has 0 heterocycles. The molecule has 25 heavy (non-hydrogen) atoms. The summed E-state index contributed by atoms with van der Waals surface area (Å²) in [7, 11) is 0. The van der Waals surface area contributed by atoms with E-state index in [4.69, 9.17) is 0 Å². The normalized spacial score (nSPS) is 24.2. The standard InChI is InChI=1S/C19H24N2O4/c1-12-10-15(12)17(23)20-14-7-5-6-13(11-14)16(22)21-19(18(24)25)8-3-2-4-9-19/h5-7,11-12,15H,2-4,8-10H2,1H3,(H,20,23)(H,21,22)(H,24,25)/t12-,15-/m0/s1. The number of nitrogens with one attached hydrogen (secondary N) is 2. The lowest BCUT2D eigenvalue weighted by atomic mass is 9.81. The van der Waals surface area contributed by atoms with Gasteiger partial charge in [0.15, 0.2) is 0 Å². The maximum Gasteiger partial charge on any atom is 0.329 e. The average molecular weight is 344 g/mol. The van der Waals surface area contributed by atoms with Crippen LogP contribution >= 0.6 is 0 Å². The van der Waals surface area contributed by atoms with Crippen molar-refractivity contribution in [2.45, 2.75) is 51.0 Å². The molecule has 3 rings (SSSR count). The minimum atomic E-state index is -1.18. The fourth-order valence-electron chi connectivity index (χ4n) is 3.50. The maximum absolute atomic E-state index is 12.6. The summed E-state index contributed by atoms with van der Waals surface area (Å²) in [6.07, 6.45) is 4.37. The zero-order chi connectivity index (χ0) is 18.0. The van der Waals surface area contributed by atoms with Gasteiger partial charge in [0.05, 0.1) is 0 Å². The first-order valence-electron chi connectivity index (χ1n) is 8.88. The molecule has 2 amide bonds. The van der Waals surface area contributed by atoms with Crippen molar-refractivity contribution in [3.8, 4) is 0 Å². The Hall–Kier alpha value is -2.37. The topological polar surface area (TPSA) is 95.5 Å². The second kappa shape index (κ2) is 6.86. The lowest BCUT2D eigenvalue weighted by molar-refractivity contribution is -0.145. The van der Waals surface area contributed by atoms with Crippen LogP contribution in [-0.4, -0.2) is 28.4 Å². The summed E-state index contributed by atoms with van der Waals surface area (Å²) < 4.78 is 0. The van der Waals surface area contributed by atoms with Gasteiger partial charge >= 0.3 is 5.97 Å². The van der Waals surface area contributed by atoms with E-state index < -0.39 is 17.4 Å². The molecule has 3 N–H and O–H groups in total. The Morgan fingerprint density at radius 1 is 1.16 bits per heavy atom. The van der Waals surface area contributed by atoms with E-state index in [1.807, 2.05) is 6.92 Å². The summed E-state index contributed by atoms with van der Waals surface area (Å²) in [5.74, 6) is -0.963. The fraction of sp³-hybridized carbons (Fsp3) is 0.526. The van der Waals surface area contributed by atoms with E-state index in [1.165, 1.54) is 0 Å². The van der Waals surface area contributed by atoms with Gasteiger partial charge in [0.2, 0.25) is 5.91 Å². The lowest BCUT2D eigenvalue weighted by Gasteiger charge is -2.34. The molecular formula is C19H24N2O4. The summed E-state index contributed by atoms with van der Waals surface area (Å²) in [6, 6.07) is 6.65. The van der Waals surface area contributed by atoms with E-state index in [0.29, 0.717) is 30.0 Å². The third kappa shape index (κ3) is 3.83. The van der Waals surface area contributed by atoms with Gasteiger partial charge in [-0.25, -0.2) is 4.79 Å². The number of carbonyl (C=O) groups excluding carboxylic acids is 2. The summed E-state index contributed by atoms with van der Waals surface area (Å²) in [4.78, 5) is 36.3. The number of carboxylic acids is 1. The Morgan fingerprint density at radius 2 is 1.84 bits per heavy atom. The van der Waals surface area contributed by atoms with Crippen LogP contribution in [-0.2, 0) is 9.59 Å². The number of hydrogen-bond acceptors (Lipinski definition) is 3. The van der Waals surface area contributed by atoms with Crippen molar-refractivity contribution < 1.29 is 19.5 Å². The highest BCUT2D eigenvalue weighted by Gasteiger charge is 2.41. The molecule has 0 spiro atoms. The number of carbonyl (C=O) groups is 3. The molecule has 0 aliphatic heterocycles. The monoisotopic (exact) mass is 344 g/mol. The number of aliphatic carboxylic acids is 1. The third-order valence-electron chi connectivity index (χ3n) is 5.31. The van der Waals surface area contributed by atoms with E-state index in [1.54, 1.807) is 24.3 Å². The van der Waals surface area contributed by atoms with Gasteiger partial charge in [-0.15, -0.1) is 0 Å². The van der Waals surface area contributed by atoms with Crippen LogP contribution in [0.2, 0.25) is 0 Å². The maximum atomic E-state index is 12.6. The fourth-order valence-corrected chi connectivity index (χ4v) is 3.50. The van der Waals surface area contributed by atoms with Crippen LogP contribution in [0.15, 0.2) is 24.3 Å². The Balaban J connectivity index is 1.70. The second-order valence-corrected chi connectivity index (χ2v) is 7.29. The van der Waals surface area contributed by atoms with Crippen LogP contribution in [0.1, 0.15) is 55.8 Å². The molecule has 2 fully saturated rings. The average Bonchev–Trinajstić information content (AvgIpc) is 3.33. The Kier molecular flexibility index (Phi) is 4.79. The largest absolute Gasteiger partial charge is 0.480 e. The number of amides is 2. The number of anilines is 1. The summed E-state index contributed by atoms with van der Waals surface area (Å²) in [6.45, 7) is 2.03. The molecular weight excluding hydrogens is 320 g/mol. The SMILES string of the molecule is C[C@H]1C[C@@H]1C(=O)Nc1cccc(C(=O)NC2(C(=O)O)CCCCC2)c1. The van der Waals surface area contributed by atoms with E-state index in [0.717, 1.165) is 25.7 Å². The van der Waals surface area contributed by atoms with Crippen LogP contribution in [0.5, 0.6) is 0 Å². The highest BCUT2D eigenvalue weighted by atomic mass is 16.4. The van der Waals surface area contributed by atoms with E-state index in [9.17, 15) is 19.5 Å². The zero-order valence-electron chi connectivity index (χ0n) is 14.4. The zero-order valence-corrected chi connectivity index (χ0v) is 14.4. The second-order valence-electron chi connectivity index (χ2n) is 7.29. The van der Waals surface area contributed by atoms with Gasteiger partial charge in [0.1, 0.15) is 5.54 Å². The molecule has 0 saturated heterocycles. The lowest BCUT2D eigenvalue weighted by Crippen LogP contribution is -2.55. The molecule has 2 saturated carbocycles. The molecule has 1 aromatic rings. The van der Waals surface area contributed by atoms with Crippen LogP contribution < -0.4 is 10.6 Å². The van der Waals surface area contributed by atoms with Crippen LogP contribution in [0, 0.1) is 11.8 Å². The highest BCUT2D eigenvalue weighted by molar-refractivity contribution is 6.00. The number of benzene rings is 1. The predicted molar refractivity (Wildman–Crippen MR) is 93.3 cm³/mol. The van der Waals surface area contributed by atoms with Gasteiger partial charge in [-0.1, -0.05) is 32.3 Å². The number of hydrogen-bond donors (Lipinski definition) is 3. The molecule has 0 radical (unpaired) electrons. The van der Waals surface area contributed by atoms with Gasteiger partial charge in [0, 0.05) is 17.2 Å². The van der Waals surface area contributed by atoms with E-state index in [2.05, 4.69) is 10.6 Å². The molecule has 1 aromatic carbocycles. The number of carboxylic acid groups (broad SMARTS) is 1. The predicted octanol–water partition coefficient (Wildman–Crippen LogP) is 2.80. The molecule has 2 aliphatic carbocycles. The van der Waals surface area contributed by atoms with E-state index in [-0.39, 0.29) is 11.8 Å². The summed E-state index contributed by atoms with van der Waals surface area (Å²) in [5, 5.41) is 15.1.